The van der Waals surface area contributed by atoms with Crippen molar-refractivity contribution < 1.29 is 24.2 Å². The number of carbonyl (C=O) groups is 2. The largest absolute Gasteiger partial charge is 0.497 e. The Labute approximate surface area is 205 Å². The number of hydrogen-bond donors (Lipinski definition) is 1. The van der Waals surface area contributed by atoms with Gasteiger partial charge in [0.25, 0.3) is 0 Å². The maximum absolute atomic E-state index is 13.1. The summed E-state index contributed by atoms with van der Waals surface area (Å²) in [5.41, 5.74) is 2.84. The minimum Gasteiger partial charge on any atom is -0.497 e. The molecule has 2 aromatic carbocycles. The van der Waals surface area contributed by atoms with E-state index in [1.165, 1.54) is 0 Å². The number of aliphatic hydroxyl groups is 1. The van der Waals surface area contributed by atoms with Crippen LogP contribution < -0.4 is 4.74 Å². The smallest absolute Gasteiger partial charge is 0.242 e. The van der Waals surface area contributed by atoms with Crippen LogP contribution in [-0.4, -0.2) is 78.8 Å². The Hall–Kier alpha value is -3.34. The molecular formula is C28H30N2O5. The lowest BCUT2D eigenvalue weighted by Crippen LogP contribution is -2.73. The molecular weight excluding hydrogens is 444 g/mol. The van der Waals surface area contributed by atoms with Gasteiger partial charge in [0.2, 0.25) is 11.8 Å². The van der Waals surface area contributed by atoms with Gasteiger partial charge in [-0.15, -0.1) is 0 Å². The van der Waals surface area contributed by atoms with Crippen LogP contribution in [-0.2, 0) is 14.3 Å². The van der Waals surface area contributed by atoms with Crippen molar-refractivity contribution in [3.8, 4) is 17.6 Å². The molecule has 7 heteroatoms. The predicted octanol–water partition coefficient (Wildman–Crippen LogP) is 2.02. The number of piperazine rings is 1. The minimum absolute atomic E-state index is 0.0159. The summed E-state index contributed by atoms with van der Waals surface area (Å²) in [6.07, 6.45) is 1.42. The molecule has 3 saturated heterocycles. The molecule has 0 saturated carbocycles. The molecule has 2 aromatic rings. The molecule has 3 heterocycles. The van der Waals surface area contributed by atoms with Crippen molar-refractivity contribution in [2.75, 3.05) is 40.0 Å². The summed E-state index contributed by atoms with van der Waals surface area (Å²) in [5.74, 6) is 7.01. The van der Waals surface area contributed by atoms with Crippen LogP contribution in [0.4, 0.5) is 0 Å². The standard InChI is InChI=1S/C28H30N2O5/c1-34-23-10-6-20(7-11-23)3-2-19-4-8-21(9-5-19)27-24-16-29(17-26(32)30(24)25(27)18-31)28(33)22-12-14-35-15-13-22/h4-11,22,24-25,27,31H,12-18H2,1H3/t24-,25+,27-/m1/s1. The maximum atomic E-state index is 13.1. The van der Waals surface area contributed by atoms with Crippen molar-refractivity contribution in [2.24, 2.45) is 5.92 Å². The summed E-state index contributed by atoms with van der Waals surface area (Å²) in [6, 6.07) is 15.2. The highest BCUT2D eigenvalue weighted by Gasteiger charge is 2.54. The second-order valence-electron chi connectivity index (χ2n) is 9.35. The fourth-order valence-electron chi connectivity index (χ4n) is 5.48. The van der Waals surface area contributed by atoms with E-state index >= 15 is 0 Å². The van der Waals surface area contributed by atoms with Crippen molar-refractivity contribution in [1.29, 1.82) is 0 Å². The lowest BCUT2D eigenvalue weighted by atomic mass is 9.73. The van der Waals surface area contributed by atoms with Gasteiger partial charge < -0.3 is 24.4 Å². The second kappa shape index (κ2) is 10.1. The third-order valence-corrected chi connectivity index (χ3v) is 7.37. The van der Waals surface area contributed by atoms with E-state index in [0.29, 0.717) is 32.6 Å². The Morgan fingerprint density at radius 3 is 2.29 bits per heavy atom. The number of ether oxygens (including phenoxy) is 2. The highest BCUT2D eigenvalue weighted by molar-refractivity contribution is 5.88. The number of rotatable bonds is 4. The van der Waals surface area contributed by atoms with Crippen molar-refractivity contribution in [3.05, 3.63) is 65.2 Å². The first-order valence-electron chi connectivity index (χ1n) is 12.1. The van der Waals surface area contributed by atoms with Crippen molar-refractivity contribution in [3.63, 3.8) is 0 Å². The van der Waals surface area contributed by atoms with E-state index in [1.54, 1.807) is 16.9 Å². The van der Waals surface area contributed by atoms with Gasteiger partial charge >= 0.3 is 0 Å². The third kappa shape index (κ3) is 4.64. The van der Waals surface area contributed by atoms with Crippen molar-refractivity contribution in [2.45, 2.75) is 30.8 Å². The monoisotopic (exact) mass is 474 g/mol. The van der Waals surface area contributed by atoms with Gasteiger partial charge in [-0.2, -0.15) is 0 Å². The summed E-state index contributed by atoms with van der Waals surface area (Å²) in [7, 11) is 1.63. The molecule has 182 valence electrons. The Morgan fingerprint density at radius 2 is 1.69 bits per heavy atom. The first-order valence-corrected chi connectivity index (χ1v) is 12.1. The summed E-state index contributed by atoms with van der Waals surface area (Å²) >= 11 is 0. The Bertz CT molecular complexity index is 1130. The fourth-order valence-corrected chi connectivity index (χ4v) is 5.48. The SMILES string of the molecule is COc1ccc(C#Cc2ccc([C@@H]3[C@H]4CN(C(=O)C5CCOCC5)CC(=O)N4[C@H]3CO)cc2)cc1. The quantitative estimate of drug-likeness (QED) is 0.686. The van der Waals surface area contributed by atoms with E-state index in [0.717, 1.165) is 22.4 Å². The van der Waals surface area contributed by atoms with E-state index < -0.39 is 0 Å². The zero-order chi connectivity index (χ0) is 24.4. The highest BCUT2D eigenvalue weighted by Crippen LogP contribution is 2.43. The summed E-state index contributed by atoms with van der Waals surface area (Å²) in [5, 5.41) is 10.0. The van der Waals surface area contributed by atoms with Crippen molar-refractivity contribution in [1.82, 2.24) is 9.80 Å². The molecule has 0 radical (unpaired) electrons. The van der Waals surface area contributed by atoms with Gasteiger partial charge in [-0.1, -0.05) is 24.0 Å². The van der Waals surface area contributed by atoms with Gasteiger partial charge in [0.1, 0.15) is 5.75 Å². The number of aliphatic hydroxyl groups excluding tert-OH is 1. The molecule has 2 amide bonds. The molecule has 1 N–H and O–H groups in total. The Kier molecular flexibility index (Phi) is 6.76. The van der Waals surface area contributed by atoms with Crippen LogP contribution in [0.15, 0.2) is 48.5 Å². The number of fused-ring (bicyclic) bond motifs is 1. The lowest BCUT2D eigenvalue weighted by Gasteiger charge is -2.59. The molecule has 0 spiro atoms. The van der Waals surface area contributed by atoms with E-state index in [-0.39, 0.29) is 48.9 Å². The first kappa shape index (κ1) is 23.4. The van der Waals surface area contributed by atoms with Crippen LogP contribution in [0, 0.1) is 17.8 Å². The van der Waals surface area contributed by atoms with Gasteiger partial charge in [0, 0.05) is 42.7 Å². The number of methoxy groups -OCH3 is 1. The third-order valence-electron chi connectivity index (χ3n) is 7.37. The molecule has 3 atom stereocenters. The average molecular weight is 475 g/mol. The molecule has 0 aliphatic carbocycles. The molecule has 3 fully saturated rings. The van der Waals surface area contributed by atoms with Gasteiger partial charge in [-0.3, -0.25) is 9.59 Å². The molecule has 3 aliphatic rings. The Morgan fingerprint density at radius 1 is 1.06 bits per heavy atom. The van der Waals surface area contributed by atoms with Gasteiger partial charge in [0.05, 0.1) is 32.3 Å². The number of amides is 2. The Balaban J connectivity index is 1.30. The zero-order valence-corrected chi connectivity index (χ0v) is 19.9. The van der Waals surface area contributed by atoms with Crippen LogP contribution in [0.5, 0.6) is 5.75 Å². The molecule has 0 bridgehead atoms. The topological polar surface area (TPSA) is 79.3 Å². The van der Waals surface area contributed by atoms with Crippen LogP contribution in [0.3, 0.4) is 0 Å². The molecule has 0 unspecified atom stereocenters. The maximum Gasteiger partial charge on any atom is 0.242 e. The van der Waals surface area contributed by atoms with Crippen LogP contribution in [0.2, 0.25) is 0 Å². The number of carbonyl (C=O) groups excluding carboxylic acids is 2. The zero-order valence-electron chi connectivity index (χ0n) is 19.9. The van der Waals surface area contributed by atoms with E-state index in [4.69, 9.17) is 9.47 Å². The fraction of sp³-hybridized carbons (Fsp3) is 0.429. The molecule has 7 nitrogen and oxygen atoms in total. The molecule has 35 heavy (non-hydrogen) atoms. The first-order chi connectivity index (χ1) is 17.1. The summed E-state index contributed by atoms with van der Waals surface area (Å²) in [4.78, 5) is 29.4. The highest BCUT2D eigenvalue weighted by atomic mass is 16.5. The van der Waals surface area contributed by atoms with E-state index in [2.05, 4.69) is 11.8 Å². The van der Waals surface area contributed by atoms with Crippen LogP contribution in [0.25, 0.3) is 0 Å². The average Bonchev–Trinajstić information content (AvgIpc) is 2.89. The van der Waals surface area contributed by atoms with Crippen LogP contribution in [0.1, 0.15) is 35.4 Å². The van der Waals surface area contributed by atoms with E-state index in [9.17, 15) is 14.7 Å². The minimum atomic E-state index is -0.260. The number of benzene rings is 2. The molecule has 3 aliphatic heterocycles. The van der Waals surface area contributed by atoms with Gasteiger partial charge in [-0.25, -0.2) is 0 Å². The normalized spacial score (nSPS) is 24.2. The van der Waals surface area contributed by atoms with Gasteiger partial charge in [0.15, 0.2) is 0 Å². The van der Waals surface area contributed by atoms with Crippen molar-refractivity contribution >= 4 is 11.8 Å². The second-order valence-corrected chi connectivity index (χ2v) is 9.35. The van der Waals surface area contributed by atoms with Gasteiger partial charge in [-0.05, 0) is 54.8 Å². The summed E-state index contributed by atoms with van der Waals surface area (Å²) in [6.45, 7) is 1.69. The number of nitrogens with zero attached hydrogens (tertiary/aromatic N) is 2. The number of hydrogen-bond acceptors (Lipinski definition) is 5. The molecule has 0 aromatic heterocycles. The molecule has 5 rings (SSSR count). The van der Waals surface area contributed by atoms with E-state index in [1.807, 2.05) is 48.5 Å². The predicted molar refractivity (Wildman–Crippen MR) is 130 cm³/mol. The van der Waals surface area contributed by atoms with Crippen LogP contribution >= 0.6 is 0 Å². The summed E-state index contributed by atoms with van der Waals surface area (Å²) < 4.78 is 10.6. The lowest BCUT2D eigenvalue weighted by molar-refractivity contribution is -0.169.